The van der Waals surface area contributed by atoms with E-state index in [2.05, 4.69) is 0 Å². The van der Waals surface area contributed by atoms with E-state index in [1.807, 2.05) is 61.5 Å². The molecule has 0 bridgehead atoms. The summed E-state index contributed by atoms with van der Waals surface area (Å²) in [5, 5.41) is 0. The smallest absolute Gasteiger partial charge is 0.256 e. The average molecular weight is 267 g/mol. The highest BCUT2D eigenvalue weighted by molar-refractivity contribution is 5.96. The molecule has 1 aliphatic rings. The molecule has 20 heavy (non-hydrogen) atoms. The molecule has 0 unspecified atom stereocenters. The summed E-state index contributed by atoms with van der Waals surface area (Å²) in [7, 11) is 1.77. The Balaban J connectivity index is 2.15. The van der Waals surface area contributed by atoms with Crippen LogP contribution in [-0.2, 0) is 4.74 Å². The molecule has 3 nitrogen and oxygen atoms in total. The predicted octanol–water partition coefficient (Wildman–Crippen LogP) is 3.22. The molecule has 3 heteroatoms. The second-order valence-corrected chi connectivity index (χ2v) is 5.03. The second kappa shape index (κ2) is 5.10. The molecule has 0 aliphatic carbocycles. The molecule has 1 aliphatic heterocycles. The lowest BCUT2D eigenvalue weighted by Crippen LogP contribution is -2.35. The first-order valence-corrected chi connectivity index (χ1v) is 6.75. The maximum absolute atomic E-state index is 12.5. The molecule has 1 heterocycles. The van der Waals surface area contributed by atoms with E-state index in [0.717, 1.165) is 11.1 Å². The Morgan fingerprint density at radius 2 is 1.65 bits per heavy atom. The van der Waals surface area contributed by atoms with E-state index in [9.17, 15) is 4.79 Å². The van der Waals surface area contributed by atoms with Crippen molar-refractivity contribution in [2.45, 2.75) is 19.3 Å². The number of hydrogen-bond acceptors (Lipinski definition) is 2. The number of rotatable bonds is 1. The number of fused-ring (bicyclic) bond motifs is 1. The molecule has 1 amide bonds. The third kappa shape index (κ3) is 2.10. The molecule has 0 N–H and O–H groups in total. The van der Waals surface area contributed by atoms with Crippen molar-refractivity contribution < 1.29 is 9.53 Å². The van der Waals surface area contributed by atoms with Crippen LogP contribution < -0.4 is 0 Å². The summed E-state index contributed by atoms with van der Waals surface area (Å²) in [6.07, 6.45) is -0.476. The fraction of sp³-hybridized carbons (Fsp3) is 0.235. The first-order chi connectivity index (χ1) is 9.68. The van der Waals surface area contributed by atoms with Crippen LogP contribution in [0.2, 0.25) is 0 Å². The van der Waals surface area contributed by atoms with E-state index in [4.69, 9.17) is 4.74 Å². The van der Waals surface area contributed by atoms with Crippen molar-refractivity contribution in [3.05, 3.63) is 71.3 Å². The van der Waals surface area contributed by atoms with E-state index in [1.165, 1.54) is 0 Å². The van der Waals surface area contributed by atoms with Crippen molar-refractivity contribution in [3.63, 3.8) is 0 Å². The Morgan fingerprint density at radius 3 is 2.40 bits per heavy atom. The van der Waals surface area contributed by atoms with E-state index >= 15 is 0 Å². The molecular weight excluding hydrogens is 250 g/mol. The number of carbonyl (C=O) groups excluding carboxylic acids is 1. The Hall–Kier alpha value is -2.13. The second-order valence-electron chi connectivity index (χ2n) is 5.03. The van der Waals surface area contributed by atoms with Gasteiger partial charge in [0.25, 0.3) is 5.91 Å². The zero-order valence-corrected chi connectivity index (χ0v) is 11.6. The van der Waals surface area contributed by atoms with Crippen LogP contribution in [0.1, 0.15) is 34.5 Å². The molecular formula is C17H17NO2. The normalized spacial score (nSPS) is 22.3. The summed E-state index contributed by atoms with van der Waals surface area (Å²) in [4.78, 5) is 14.1. The number of ether oxygens (including phenoxy) is 1. The molecule has 0 radical (unpaired) electrons. The Morgan fingerprint density at radius 1 is 1.00 bits per heavy atom. The lowest BCUT2D eigenvalue weighted by molar-refractivity contribution is -0.0482. The number of benzene rings is 2. The zero-order valence-electron chi connectivity index (χ0n) is 11.6. The highest BCUT2D eigenvalue weighted by Gasteiger charge is 2.31. The Bertz CT molecular complexity index is 624. The quantitative estimate of drug-likeness (QED) is 0.794. The molecule has 2 atom stereocenters. The lowest BCUT2D eigenvalue weighted by Gasteiger charge is -2.25. The Kier molecular flexibility index (Phi) is 3.28. The van der Waals surface area contributed by atoms with Gasteiger partial charge in [0, 0.05) is 12.6 Å². The van der Waals surface area contributed by atoms with Crippen molar-refractivity contribution in [3.8, 4) is 0 Å². The number of carbonyl (C=O) groups is 1. The van der Waals surface area contributed by atoms with Crippen molar-refractivity contribution in [1.29, 1.82) is 0 Å². The van der Waals surface area contributed by atoms with Gasteiger partial charge in [-0.05, 0) is 24.1 Å². The first-order valence-electron chi connectivity index (χ1n) is 6.75. The van der Waals surface area contributed by atoms with E-state index in [1.54, 1.807) is 11.9 Å². The van der Waals surface area contributed by atoms with Crippen LogP contribution in [0.4, 0.5) is 0 Å². The topological polar surface area (TPSA) is 29.5 Å². The van der Waals surface area contributed by atoms with E-state index in [-0.39, 0.29) is 18.2 Å². The lowest BCUT2D eigenvalue weighted by atomic mass is 9.96. The zero-order chi connectivity index (χ0) is 14.1. The van der Waals surface area contributed by atoms with Gasteiger partial charge in [-0.2, -0.15) is 0 Å². The average Bonchev–Trinajstić information content (AvgIpc) is 2.60. The summed E-state index contributed by atoms with van der Waals surface area (Å²) in [6, 6.07) is 17.7. The molecule has 0 aromatic heterocycles. The van der Waals surface area contributed by atoms with E-state index in [0.29, 0.717) is 5.56 Å². The van der Waals surface area contributed by atoms with Gasteiger partial charge in [-0.25, -0.2) is 0 Å². The number of hydrogen-bond donors (Lipinski definition) is 0. The molecule has 0 saturated carbocycles. The minimum absolute atomic E-state index is 0.00605. The number of amides is 1. The highest BCUT2D eigenvalue weighted by Crippen LogP contribution is 2.33. The third-order valence-electron chi connectivity index (χ3n) is 3.77. The van der Waals surface area contributed by atoms with Gasteiger partial charge in [0.1, 0.15) is 12.3 Å². The SMILES string of the molecule is C[C@H]1O[C@H](c2ccccc2)c2ccccc2C(=O)N1C. The summed E-state index contributed by atoms with van der Waals surface area (Å²) < 4.78 is 6.11. The number of nitrogens with zero attached hydrogens (tertiary/aromatic N) is 1. The van der Waals surface area contributed by atoms with Gasteiger partial charge >= 0.3 is 0 Å². The standard InChI is InChI=1S/C17H17NO2/c1-12-18(2)17(19)15-11-7-6-10-14(15)16(20-12)13-8-4-3-5-9-13/h3-12,16H,1-2H3/t12-,16-/m1/s1. The summed E-state index contributed by atoms with van der Waals surface area (Å²) in [5.41, 5.74) is 2.71. The van der Waals surface area contributed by atoms with Crippen LogP contribution >= 0.6 is 0 Å². The van der Waals surface area contributed by atoms with Gasteiger partial charge in [0.15, 0.2) is 0 Å². The van der Waals surface area contributed by atoms with Crippen LogP contribution in [0, 0.1) is 0 Å². The van der Waals surface area contributed by atoms with Crippen LogP contribution in [0.5, 0.6) is 0 Å². The molecule has 0 fully saturated rings. The summed E-state index contributed by atoms with van der Waals surface area (Å²) in [5.74, 6) is 0.00605. The van der Waals surface area contributed by atoms with Crippen molar-refractivity contribution in [2.24, 2.45) is 0 Å². The summed E-state index contributed by atoms with van der Waals surface area (Å²) >= 11 is 0. The fourth-order valence-electron chi connectivity index (χ4n) is 2.52. The molecule has 102 valence electrons. The third-order valence-corrected chi connectivity index (χ3v) is 3.77. The van der Waals surface area contributed by atoms with Gasteiger partial charge in [0.2, 0.25) is 0 Å². The first kappa shape index (κ1) is 12.9. The van der Waals surface area contributed by atoms with Crippen LogP contribution in [-0.4, -0.2) is 24.1 Å². The van der Waals surface area contributed by atoms with Crippen molar-refractivity contribution in [1.82, 2.24) is 4.90 Å². The highest BCUT2D eigenvalue weighted by atomic mass is 16.5. The molecule has 2 aromatic carbocycles. The van der Waals surface area contributed by atoms with Crippen LogP contribution in [0.3, 0.4) is 0 Å². The maximum Gasteiger partial charge on any atom is 0.256 e. The van der Waals surface area contributed by atoms with Crippen LogP contribution in [0.15, 0.2) is 54.6 Å². The monoisotopic (exact) mass is 267 g/mol. The minimum Gasteiger partial charge on any atom is -0.346 e. The summed E-state index contributed by atoms with van der Waals surface area (Å²) in [6.45, 7) is 1.90. The molecule has 0 spiro atoms. The Labute approximate surface area is 118 Å². The van der Waals surface area contributed by atoms with Gasteiger partial charge in [-0.3, -0.25) is 4.79 Å². The molecule has 3 rings (SSSR count). The minimum atomic E-state index is -0.264. The van der Waals surface area contributed by atoms with Gasteiger partial charge in [0.05, 0.1) is 0 Å². The van der Waals surface area contributed by atoms with E-state index < -0.39 is 0 Å². The largest absolute Gasteiger partial charge is 0.346 e. The fourth-order valence-corrected chi connectivity index (χ4v) is 2.52. The van der Waals surface area contributed by atoms with Gasteiger partial charge in [-0.1, -0.05) is 48.5 Å². The maximum atomic E-state index is 12.5. The van der Waals surface area contributed by atoms with Crippen molar-refractivity contribution >= 4 is 5.91 Å². The molecule has 0 saturated heterocycles. The molecule has 2 aromatic rings. The van der Waals surface area contributed by atoms with Crippen LogP contribution in [0.25, 0.3) is 0 Å². The van der Waals surface area contributed by atoms with Gasteiger partial charge < -0.3 is 9.64 Å². The predicted molar refractivity (Wildman–Crippen MR) is 77.4 cm³/mol. The van der Waals surface area contributed by atoms with Crippen molar-refractivity contribution in [2.75, 3.05) is 7.05 Å². The van der Waals surface area contributed by atoms with Gasteiger partial charge in [-0.15, -0.1) is 0 Å².